The van der Waals surface area contributed by atoms with Crippen molar-refractivity contribution >= 4 is 0 Å². The summed E-state index contributed by atoms with van der Waals surface area (Å²) in [5, 5.41) is 17.7. The lowest BCUT2D eigenvalue weighted by molar-refractivity contribution is 0.213. The largest absolute Gasteiger partial charge is 0.492 e. The molecule has 0 amide bonds. The van der Waals surface area contributed by atoms with Crippen molar-refractivity contribution in [2.75, 3.05) is 32.8 Å². The molecule has 1 aromatic rings. The summed E-state index contributed by atoms with van der Waals surface area (Å²) in [7, 11) is 0. The van der Waals surface area contributed by atoms with Gasteiger partial charge in [-0.1, -0.05) is 19.1 Å². The fraction of sp³-hybridized carbons (Fsp3) is 0.533. The summed E-state index contributed by atoms with van der Waals surface area (Å²) in [4.78, 5) is 2.29. The number of nitriles is 1. The van der Waals surface area contributed by atoms with Crippen LogP contribution < -0.4 is 4.74 Å². The molecule has 0 heterocycles. The van der Waals surface area contributed by atoms with Crippen LogP contribution in [0.5, 0.6) is 5.75 Å². The minimum absolute atomic E-state index is 0.239. The van der Waals surface area contributed by atoms with Gasteiger partial charge in [-0.25, -0.2) is 0 Å². The molecule has 0 spiro atoms. The number of aliphatic hydroxyl groups excluding tert-OH is 1. The topological polar surface area (TPSA) is 56.5 Å². The Kier molecular flexibility index (Phi) is 7.64. The molecule has 0 aliphatic rings. The van der Waals surface area contributed by atoms with E-state index >= 15 is 0 Å². The molecule has 0 bridgehead atoms. The van der Waals surface area contributed by atoms with Crippen LogP contribution in [0.1, 0.15) is 25.3 Å². The summed E-state index contributed by atoms with van der Waals surface area (Å²) in [5.41, 5.74) is 0.579. The third kappa shape index (κ3) is 5.73. The number of benzene rings is 1. The average molecular weight is 262 g/mol. The molecule has 0 aromatic heterocycles. The van der Waals surface area contributed by atoms with E-state index in [0.29, 0.717) is 17.9 Å². The predicted octanol–water partition coefficient (Wildman–Crippen LogP) is 2.03. The maximum Gasteiger partial charge on any atom is 0.137 e. The summed E-state index contributed by atoms with van der Waals surface area (Å²) in [5.74, 6) is 0.656. The van der Waals surface area contributed by atoms with Crippen LogP contribution in [0.15, 0.2) is 24.3 Å². The van der Waals surface area contributed by atoms with Crippen molar-refractivity contribution in [1.29, 1.82) is 5.26 Å². The van der Waals surface area contributed by atoms with E-state index in [9.17, 15) is 0 Å². The summed E-state index contributed by atoms with van der Waals surface area (Å²) < 4.78 is 5.63. The number of aliphatic hydroxyl groups is 1. The highest BCUT2D eigenvalue weighted by Gasteiger charge is 2.03. The van der Waals surface area contributed by atoms with Crippen LogP contribution >= 0.6 is 0 Å². The summed E-state index contributed by atoms with van der Waals surface area (Å²) >= 11 is 0. The lowest BCUT2D eigenvalue weighted by Crippen LogP contribution is -2.27. The van der Waals surface area contributed by atoms with Crippen molar-refractivity contribution in [3.8, 4) is 11.8 Å². The van der Waals surface area contributed by atoms with Gasteiger partial charge in [0.2, 0.25) is 0 Å². The Balaban J connectivity index is 2.28. The second-order valence-corrected chi connectivity index (χ2v) is 4.32. The number of hydrogen-bond donors (Lipinski definition) is 1. The first kappa shape index (κ1) is 15.5. The Labute approximate surface area is 115 Å². The highest BCUT2D eigenvalue weighted by Crippen LogP contribution is 2.16. The smallest absolute Gasteiger partial charge is 0.137 e. The van der Waals surface area contributed by atoms with Gasteiger partial charge in [-0.05, 0) is 31.5 Å². The molecule has 1 rings (SSSR count). The maximum atomic E-state index is 8.94. The van der Waals surface area contributed by atoms with E-state index < -0.39 is 0 Å². The number of hydrogen-bond acceptors (Lipinski definition) is 4. The second kappa shape index (κ2) is 9.37. The Morgan fingerprint density at radius 3 is 2.68 bits per heavy atom. The molecule has 19 heavy (non-hydrogen) atoms. The number of ether oxygens (including phenoxy) is 1. The predicted molar refractivity (Wildman–Crippen MR) is 75.1 cm³/mol. The van der Waals surface area contributed by atoms with Crippen LogP contribution in [0, 0.1) is 11.3 Å². The molecule has 0 saturated carbocycles. The molecule has 0 radical (unpaired) electrons. The molecule has 0 unspecified atom stereocenters. The fourth-order valence-electron chi connectivity index (χ4n) is 1.88. The molecular weight excluding hydrogens is 240 g/mol. The van der Waals surface area contributed by atoms with Gasteiger partial charge in [0.05, 0.1) is 12.2 Å². The molecule has 4 nitrogen and oxygen atoms in total. The lowest BCUT2D eigenvalue weighted by atomic mass is 10.2. The van der Waals surface area contributed by atoms with E-state index in [1.807, 2.05) is 18.2 Å². The van der Waals surface area contributed by atoms with Crippen LogP contribution in [-0.4, -0.2) is 42.9 Å². The van der Waals surface area contributed by atoms with Gasteiger partial charge >= 0.3 is 0 Å². The van der Waals surface area contributed by atoms with Gasteiger partial charge in [0, 0.05) is 19.7 Å². The summed E-state index contributed by atoms with van der Waals surface area (Å²) in [6.07, 6.45) is 1.73. The quantitative estimate of drug-likeness (QED) is 0.692. The van der Waals surface area contributed by atoms with Gasteiger partial charge in [0.1, 0.15) is 11.8 Å². The number of para-hydroxylation sites is 1. The van der Waals surface area contributed by atoms with E-state index in [1.165, 1.54) is 0 Å². The van der Waals surface area contributed by atoms with Crippen molar-refractivity contribution in [2.24, 2.45) is 0 Å². The van der Waals surface area contributed by atoms with E-state index in [1.54, 1.807) is 6.07 Å². The van der Waals surface area contributed by atoms with Crippen LogP contribution in [0.25, 0.3) is 0 Å². The Bertz CT molecular complexity index is 401. The van der Waals surface area contributed by atoms with Gasteiger partial charge in [-0.3, -0.25) is 0 Å². The Hall–Kier alpha value is -1.57. The molecule has 4 heteroatoms. The van der Waals surface area contributed by atoms with Crippen molar-refractivity contribution in [3.05, 3.63) is 29.8 Å². The Morgan fingerprint density at radius 1 is 1.26 bits per heavy atom. The van der Waals surface area contributed by atoms with Gasteiger partial charge in [-0.15, -0.1) is 0 Å². The van der Waals surface area contributed by atoms with Crippen molar-refractivity contribution in [2.45, 2.75) is 19.8 Å². The van der Waals surface area contributed by atoms with Crippen molar-refractivity contribution < 1.29 is 9.84 Å². The number of rotatable bonds is 9. The first-order valence-corrected chi connectivity index (χ1v) is 6.77. The van der Waals surface area contributed by atoms with E-state index in [0.717, 1.165) is 32.5 Å². The first-order valence-electron chi connectivity index (χ1n) is 6.77. The SMILES string of the molecule is CCN(CCCO)CCCOc1ccccc1C#N. The molecule has 0 atom stereocenters. The van der Waals surface area contributed by atoms with Crippen LogP contribution in [0.3, 0.4) is 0 Å². The van der Waals surface area contributed by atoms with Gasteiger partial charge < -0.3 is 14.7 Å². The normalized spacial score (nSPS) is 10.4. The molecule has 104 valence electrons. The van der Waals surface area contributed by atoms with Crippen LogP contribution in [-0.2, 0) is 0 Å². The molecule has 1 aromatic carbocycles. The molecule has 0 aliphatic carbocycles. The van der Waals surface area contributed by atoms with Crippen LogP contribution in [0.2, 0.25) is 0 Å². The summed E-state index contributed by atoms with van der Waals surface area (Å²) in [6, 6.07) is 9.40. The minimum Gasteiger partial charge on any atom is -0.492 e. The summed E-state index contributed by atoms with van der Waals surface area (Å²) in [6.45, 7) is 5.81. The van der Waals surface area contributed by atoms with E-state index in [-0.39, 0.29) is 6.61 Å². The number of nitrogens with zero attached hydrogens (tertiary/aromatic N) is 2. The zero-order valence-electron chi connectivity index (χ0n) is 11.5. The van der Waals surface area contributed by atoms with Crippen molar-refractivity contribution in [3.63, 3.8) is 0 Å². The zero-order valence-corrected chi connectivity index (χ0v) is 11.5. The highest BCUT2D eigenvalue weighted by atomic mass is 16.5. The maximum absolute atomic E-state index is 8.94. The van der Waals surface area contributed by atoms with E-state index in [2.05, 4.69) is 17.9 Å². The van der Waals surface area contributed by atoms with Crippen molar-refractivity contribution in [1.82, 2.24) is 4.90 Å². The van der Waals surface area contributed by atoms with Gasteiger partial charge in [0.25, 0.3) is 0 Å². The zero-order chi connectivity index (χ0) is 13.9. The first-order chi connectivity index (χ1) is 9.31. The lowest BCUT2D eigenvalue weighted by Gasteiger charge is -2.19. The highest BCUT2D eigenvalue weighted by molar-refractivity contribution is 5.42. The van der Waals surface area contributed by atoms with Gasteiger partial charge in [-0.2, -0.15) is 5.26 Å². The molecule has 1 N–H and O–H groups in total. The fourth-order valence-corrected chi connectivity index (χ4v) is 1.88. The molecule has 0 saturated heterocycles. The van der Waals surface area contributed by atoms with Gasteiger partial charge in [0.15, 0.2) is 0 Å². The van der Waals surface area contributed by atoms with E-state index in [4.69, 9.17) is 15.1 Å². The molecule has 0 fully saturated rings. The van der Waals surface area contributed by atoms with Crippen LogP contribution in [0.4, 0.5) is 0 Å². The Morgan fingerprint density at radius 2 is 2.00 bits per heavy atom. The third-order valence-electron chi connectivity index (χ3n) is 2.96. The monoisotopic (exact) mass is 262 g/mol. The minimum atomic E-state index is 0.239. The molecule has 0 aliphatic heterocycles. The average Bonchev–Trinajstić information content (AvgIpc) is 2.47. The third-order valence-corrected chi connectivity index (χ3v) is 2.96. The standard InChI is InChI=1S/C15H22N2O2/c1-2-17(9-5-11-18)10-6-12-19-15-8-4-3-7-14(15)13-16/h3-4,7-8,18H,2,5-6,9-12H2,1H3. The second-order valence-electron chi connectivity index (χ2n) is 4.32. The molecular formula is C15H22N2O2.